The van der Waals surface area contributed by atoms with Gasteiger partial charge in [-0.25, -0.2) is 0 Å². The first kappa shape index (κ1) is 15.2. The molecule has 0 bridgehead atoms. The summed E-state index contributed by atoms with van der Waals surface area (Å²) >= 11 is 0. The molecule has 3 nitrogen and oxygen atoms in total. The van der Waals surface area contributed by atoms with Crippen molar-refractivity contribution in [2.45, 2.75) is 13.8 Å². The van der Waals surface area contributed by atoms with E-state index in [0.717, 1.165) is 33.8 Å². The number of fused-ring (bicyclic) bond motifs is 1. The number of methoxy groups -OCH3 is 2. The van der Waals surface area contributed by atoms with Gasteiger partial charge in [-0.2, -0.15) is 0 Å². The average molecular weight is 308 g/mol. The maximum atomic E-state index is 6.03. The number of rotatable bonds is 3. The summed E-state index contributed by atoms with van der Waals surface area (Å²) < 4.78 is 17.5. The number of aryl methyl sites for hydroxylation is 1. The average Bonchev–Trinajstić information content (AvgIpc) is 2.68. The first-order valence-electron chi connectivity index (χ1n) is 7.53. The molecule has 0 fully saturated rings. The molecule has 3 heteroatoms. The van der Waals surface area contributed by atoms with Crippen molar-refractivity contribution in [3.8, 4) is 5.75 Å². The Morgan fingerprint density at radius 3 is 2.17 bits per heavy atom. The summed E-state index contributed by atoms with van der Waals surface area (Å²) in [5.41, 5.74) is 4.00. The van der Waals surface area contributed by atoms with Gasteiger partial charge in [-0.15, -0.1) is 0 Å². The zero-order chi connectivity index (χ0) is 16.4. The van der Waals surface area contributed by atoms with Gasteiger partial charge in [0.15, 0.2) is 5.76 Å². The minimum absolute atomic E-state index is 0.682. The van der Waals surface area contributed by atoms with E-state index in [9.17, 15) is 0 Å². The molecule has 0 spiro atoms. The highest BCUT2D eigenvalue weighted by Crippen LogP contribution is 2.41. The van der Waals surface area contributed by atoms with Crippen LogP contribution in [0.3, 0.4) is 0 Å². The summed E-state index contributed by atoms with van der Waals surface area (Å²) in [6.45, 7) is 3.96. The lowest BCUT2D eigenvalue weighted by Gasteiger charge is -2.15. The van der Waals surface area contributed by atoms with E-state index in [1.807, 2.05) is 49.4 Å². The predicted octanol–water partition coefficient (Wildman–Crippen LogP) is 4.78. The summed E-state index contributed by atoms with van der Waals surface area (Å²) in [6.07, 6.45) is 0. The quantitative estimate of drug-likeness (QED) is 0.816. The molecule has 0 aromatic heterocycles. The highest BCUT2D eigenvalue weighted by Gasteiger charge is 2.26. The topological polar surface area (TPSA) is 27.7 Å². The number of hydrogen-bond donors (Lipinski definition) is 0. The van der Waals surface area contributed by atoms with Crippen molar-refractivity contribution in [1.29, 1.82) is 0 Å². The van der Waals surface area contributed by atoms with Crippen LogP contribution in [-0.4, -0.2) is 14.2 Å². The molecule has 2 aromatic carbocycles. The maximum absolute atomic E-state index is 6.03. The molecule has 1 aliphatic heterocycles. The SMILES string of the molecule is COC1=C(C)Oc2ccc(C)cc2C(OC)=C1c1ccccc1. The van der Waals surface area contributed by atoms with Crippen LogP contribution in [-0.2, 0) is 9.47 Å². The molecular weight excluding hydrogens is 288 g/mol. The minimum atomic E-state index is 0.682. The van der Waals surface area contributed by atoms with Gasteiger partial charge < -0.3 is 14.2 Å². The van der Waals surface area contributed by atoms with Gasteiger partial charge in [0.25, 0.3) is 0 Å². The molecule has 0 amide bonds. The Hall–Kier alpha value is -2.68. The van der Waals surface area contributed by atoms with Crippen LogP contribution in [0.1, 0.15) is 23.6 Å². The second-order valence-corrected chi connectivity index (χ2v) is 5.47. The smallest absolute Gasteiger partial charge is 0.168 e. The van der Waals surface area contributed by atoms with Gasteiger partial charge in [0, 0.05) is 0 Å². The fourth-order valence-corrected chi connectivity index (χ4v) is 2.86. The van der Waals surface area contributed by atoms with Gasteiger partial charge in [0.1, 0.15) is 17.3 Å². The first-order valence-corrected chi connectivity index (χ1v) is 7.53. The molecule has 23 heavy (non-hydrogen) atoms. The predicted molar refractivity (Wildman–Crippen MR) is 91.8 cm³/mol. The summed E-state index contributed by atoms with van der Waals surface area (Å²) in [4.78, 5) is 0. The molecule has 0 unspecified atom stereocenters. The Kier molecular flexibility index (Phi) is 4.11. The number of hydrogen-bond acceptors (Lipinski definition) is 3. The summed E-state index contributed by atoms with van der Waals surface area (Å²) in [7, 11) is 3.33. The molecule has 0 saturated carbocycles. The van der Waals surface area contributed by atoms with Crippen molar-refractivity contribution in [3.05, 3.63) is 76.7 Å². The van der Waals surface area contributed by atoms with E-state index >= 15 is 0 Å². The molecule has 0 radical (unpaired) electrons. The van der Waals surface area contributed by atoms with E-state index in [4.69, 9.17) is 14.2 Å². The van der Waals surface area contributed by atoms with E-state index in [0.29, 0.717) is 11.5 Å². The van der Waals surface area contributed by atoms with Crippen LogP contribution >= 0.6 is 0 Å². The van der Waals surface area contributed by atoms with E-state index in [-0.39, 0.29) is 0 Å². The highest BCUT2D eigenvalue weighted by atomic mass is 16.5. The Labute approximate surface area is 136 Å². The second kappa shape index (κ2) is 6.21. The summed E-state index contributed by atoms with van der Waals surface area (Å²) in [5, 5.41) is 0. The summed E-state index contributed by atoms with van der Waals surface area (Å²) in [6, 6.07) is 16.1. The molecule has 0 aliphatic carbocycles. The molecule has 1 aliphatic rings. The van der Waals surface area contributed by atoms with E-state index in [2.05, 4.69) is 13.0 Å². The highest BCUT2D eigenvalue weighted by molar-refractivity contribution is 5.97. The van der Waals surface area contributed by atoms with Crippen LogP contribution in [0.15, 0.2) is 60.0 Å². The van der Waals surface area contributed by atoms with Crippen LogP contribution in [0.4, 0.5) is 0 Å². The lowest BCUT2D eigenvalue weighted by atomic mass is 9.98. The minimum Gasteiger partial charge on any atom is -0.495 e. The Bertz CT molecular complexity index is 786. The molecule has 0 saturated heterocycles. The molecule has 1 heterocycles. The van der Waals surface area contributed by atoms with Gasteiger partial charge in [-0.3, -0.25) is 0 Å². The van der Waals surface area contributed by atoms with Crippen LogP contribution in [0.5, 0.6) is 5.75 Å². The van der Waals surface area contributed by atoms with Crippen molar-refractivity contribution in [3.63, 3.8) is 0 Å². The maximum Gasteiger partial charge on any atom is 0.168 e. The van der Waals surface area contributed by atoms with Crippen LogP contribution in [0.2, 0.25) is 0 Å². The fourth-order valence-electron chi connectivity index (χ4n) is 2.86. The van der Waals surface area contributed by atoms with Crippen molar-refractivity contribution in [1.82, 2.24) is 0 Å². The fraction of sp³-hybridized carbons (Fsp3) is 0.200. The van der Waals surface area contributed by atoms with Gasteiger partial charge in [0.05, 0.1) is 25.4 Å². The van der Waals surface area contributed by atoms with Gasteiger partial charge in [0.2, 0.25) is 0 Å². The monoisotopic (exact) mass is 308 g/mol. The normalized spacial score (nSPS) is 14.1. The third-order valence-electron chi connectivity index (χ3n) is 3.89. The van der Waals surface area contributed by atoms with Crippen LogP contribution in [0.25, 0.3) is 11.3 Å². The van der Waals surface area contributed by atoms with Gasteiger partial charge in [-0.05, 0) is 31.5 Å². The van der Waals surface area contributed by atoms with Crippen molar-refractivity contribution < 1.29 is 14.2 Å². The van der Waals surface area contributed by atoms with Crippen LogP contribution < -0.4 is 4.74 Å². The molecule has 0 N–H and O–H groups in total. The lowest BCUT2D eigenvalue weighted by Crippen LogP contribution is -2.01. The third kappa shape index (κ3) is 2.70. The van der Waals surface area contributed by atoms with Gasteiger partial charge in [-0.1, -0.05) is 42.0 Å². The number of benzene rings is 2. The second-order valence-electron chi connectivity index (χ2n) is 5.47. The lowest BCUT2D eigenvalue weighted by molar-refractivity contribution is 0.279. The third-order valence-corrected chi connectivity index (χ3v) is 3.89. The standard InChI is InChI=1S/C20H20O3/c1-13-10-11-17-16(12-13)20(22-4)18(15-8-6-5-7-9-15)19(21-3)14(2)23-17/h5-12H,1-4H3. The zero-order valence-corrected chi connectivity index (χ0v) is 13.8. The molecule has 3 rings (SSSR count). The Balaban J connectivity index is 2.37. The number of ether oxygens (including phenoxy) is 3. The largest absolute Gasteiger partial charge is 0.495 e. The Morgan fingerprint density at radius 2 is 1.52 bits per heavy atom. The van der Waals surface area contributed by atoms with Crippen molar-refractivity contribution in [2.24, 2.45) is 0 Å². The van der Waals surface area contributed by atoms with Crippen molar-refractivity contribution in [2.75, 3.05) is 14.2 Å². The van der Waals surface area contributed by atoms with E-state index < -0.39 is 0 Å². The molecule has 0 atom stereocenters. The molecule has 118 valence electrons. The van der Waals surface area contributed by atoms with Crippen molar-refractivity contribution >= 4 is 11.3 Å². The van der Waals surface area contributed by atoms with Crippen LogP contribution in [0, 0.1) is 6.92 Å². The first-order chi connectivity index (χ1) is 11.2. The number of allylic oxidation sites excluding steroid dienone is 2. The molecule has 2 aromatic rings. The van der Waals surface area contributed by atoms with E-state index in [1.165, 1.54) is 0 Å². The molecular formula is C20H20O3. The zero-order valence-electron chi connectivity index (χ0n) is 13.8. The summed E-state index contributed by atoms with van der Waals surface area (Å²) in [5.74, 6) is 2.92. The van der Waals surface area contributed by atoms with E-state index in [1.54, 1.807) is 14.2 Å². The van der Waals surface area contributed by atoms with Gasteiger partial charge >= 0.3 is 0 Å². The Morgan fingerprint density at radius 1 is 0.826 bits per heavy atom.